The molecular weight excluding hydrogens is 338 g/mol. The van der Waals surface area contributed by atoms with Crippen LogP contribution >= 0.6 is 11.6 Å². The monoisotopic (exact) mass is 365 g/mol. The van der Waals surface area contributed by atoms with E-state index >= 15 is 0 Å². The van der Waals surface area contributed by atoms with Crippen molar-refractivity contribution in [2.45, 2.75) is 58.3 Å². The van der Waals surface area contributed by atoms with Gasteiger partial charge in [0.2, 0.25) is 0 Å². The number of rotatable bonds is 7. The van der Waals surface area contributed by atoms with E-state index in [0.717, 1.165) is 24.1 Å². The van der Waals surface area contributed by atoms with E-state index in [9.17, 15) is 0 Å². The molecule has 0 unspecified atom stereocenters. The zero-order valence-electron chi connectivity index (χ0n) is 15.2. The van der Waals surface area contributed by atoms with Crippen molar-refractivity contribution in [1.82, 2.24) is 14.5 Å². The highest BCUT2D eigenvalue weighted by molar-refractivity contribution is 6.76. The van der Waals surface area contributed by atoms with E-state index in [1.165, 1.54) is 24.7 Å². The lowest BCUT2D eigenvalue weighted by Crippen LogP contribution is -2.45. The van der Waals surface area contributed by atoms with Gasteiger partial charge >= 0.3 is 0 Å². The van der Waals surface area contributed by atoms with E-state index in [-0.39, 0.29) is 0 Å². The molecule has 2 aromatic rings. The van der Waals surface area contributed by atoms with Crippen molar-refractivity contribution >= 4 is 30.6 Å². The molecule has 3 heterocycles. The summed E-state index contributed by atoms with van der Waals surface area (Å²) in [5.74, 6) is 0. The Morgan fingerprint density at radius 3 is 2.75 bits per heavy atom. The zero-order chi connectivity index (χ0) is 17.3. The molecule has 1 fully saturated rings. The average molecular weight is 366 g/mol. The number of aromatic nitrogens is 2. The predicted molar refractivity (Wildman–Crippen MR) is 103 cm³/mol. The van der Waals surface area contributed by atoms with E-state index in [2.05, 4.69) is 47.1 Å². The molecule has 0 radical (unpaired) electrons. The van der Waals surface area contributed by atoms with Crippen LogP contribution in [-0.2, 0) is 18.0 Å². The van der Waals surface area contributed by atoms with Crippen LogP contribution in [0.1, 0.15) is 19.0 Å². The number of nitrogens with zero attached hydrogens (tertiary/aromatic N) is 3. The Kier molecular flexibility index (Phi) is 5.35. The second-order valence-corrected chi connectivity index (χ2v) is 14.1. The number of halogens is 1. The first-order chi connectivity index (χ1) is 11.3. The molecule has 0 aromatic carbocycles. The summed E-state index contributed by atoms with van der Waals surface area (Å²) in [5, 5.41) is 1.67. The van der Waals surface area contributed by atoms with Crippen LogP contribution in [0.5, 0.6) is 0 Å². The lowest BCUT2D eigenvalue weighted by Gasteiger charge is -2.38. The third-order valence-electron chi connectivity index (χ3n) is 4.88. The summed E-state index contributed by atoms with van der Waals surface area (Å²) in [4.78, 5) is 6.72. The van der Waals surface area contributed by atoms with Gasteiger partial charge in [-0.15, -0.1) is 0 Å². The summed E-state index contributed by atoms with van der Waals surface area (Å²) >= 11 is 6.12. The van der Waals surface area contributed by atoms with Crippen molar-refractivity contribution in [1.29, 1.82) is 0 Å². The van der Waals surface area contributed by atoms with E-state index in [1.807, 2.05) is 12.3 Å². The highest BCUT2D eigenvalue weighted by Gasteiger charge is 2.25. The highest BCUT2D eigenvalue weighted by Crippen LogP contribution is 2.26. The van der Waals surface area contributed by atoms with Crippen molar-refractivity contribution < 1.29 is 4.74 Å². The van der Waals surface area contributed by atoms with Gasteiger partial charge in [0.15, 0.2) is 0 Å². The molecule has 132 valence electrons. The van der Waals surface area contributed by atoms with Gasteiger partial charge in [0.25, 0.3) is 0 Å². The molecule has 0 bridgehead atoms. The molecule has 2 aromatic heterocycles. The second kappa shape index (κ2) is 7.16. The molecule has 1 aliphatic rings. The maximum Gasteiger partial charge on any atom is 0.131 e. The number of pyridine rings is 1. The van der Waals surface area contributed by atoms with Gasteiger partial charge in [0.05, 0.1) is 5.52 Å². The van der Waals surface area contributed by atoms with Gasteiger partial charge in [-0.05, 0) is 31.5 Å². The summed E-state index contributed by atoms with van der Waals surface area (Å²) < 4.78 is 8.28. The Hall–Kier alpha value is -0.883. The Bertz CT molecular complexity index is 710. The molecule has 1 saturated heterocycles. The molecule has 3 rings (SSSR count). The Balaban J connectivity index is 1.78. The minimum atomic E-state index is -1.06. The standard InChI is InChI=1S/C18H28ClN3OSi/c1-14-5-6-21(14)12-16-9-15-11-20-18(19)10-17(15)22(16)13-23-7-8-24(2,3)4/h9-11,14H,5-8,12-13H2,1-4H3/t14-/m0/s1. The second-order valence-electron chi connectivity index (χ2n) is 8.09. The van der Waals surface area contributed by atoms with Crippen LogP contribution in [0, 0.1) is 0 Å². The topological polar surface area (TPSA) is 30.3 Å². The first-order valence-electron chi connectivity index (χ1n) is 8.79. The summed E-state index contributed by atoms with van der Waals surface area (Å²) in [6.07, 6.45) is 3.15. The van der Waals surface area contributed by atoms with Crippen LogP contribution in [0.15, 0.2) is 18.3 Å². The van der Waals surface area contributed by atoms with Crippen LogP contribution in [0.4, 0.5) is 0 Å². The summed E-state index contributed by atoms with van der Waals surface area (Å²) in [6.45, 7) is 13.0. The predicted octanol–water partition coefficient (Wildman–Crippen LogP) is 4.60. The maximum absolute atomic E-state index is 6.12. The highest BCUT2D eigenvalue weighted by atomic mass is 35.5. The number of fused-ring (bicyclic) bond motifs is 1. The fourth-order valence-corrected chi connectivity index (χ4v) is 3.93. The van der Waals surface area contributed by atoms with Crippen LogP contribution in [0.25, 0.3) is 10.9 Å². The molecule has 0 amide bonds. The largest absolute Gasteiger partial charge is 0.361 e. The van der Waals surface area contributed by atoms with E-state index in [4.69, 9.17) is 16.3 Å². The third kappa shape index (κ3) is 4.20. The van der Waals surface area contributed by atoms with Crippen molar-refractivity contribution in [3.8, 4) is 0 Å². The van der Waals surface area contributed by atoms with Gasteiger partial charge in [-0.3, -0.25) is 4.90 Å². The maximum atomic E-state index is 6.12. The Morgan fingerprint density at radius 1 is 1.33 bits per heavy atom. The van der Waals surface area contributed by atoms with Gasteiger partial charge in [-0.25, -0.2) is 4.98 Å². The summed E-state index contributed by atoms with van der Waals surface area (Å²) in [6, 6.07) is 6.03. The third-order valence-corrected chi connectivity index (χ3v) is 6.79. The van der Waals surface area contributed by atoms with Gasteiger partial charge in [0.1, 0.15) is 11.9 Å². The van der Waals surface area contributed by atoms with Crippen LogP contribution in [-0.4, -0.2) is 41.7 Å². The number of ether oxygens (including phenoxy) is 1. The van der Waals surface area contributed by atoms with Crippen molar-refractivity contribution in [3.63, 3.8) is 0 Å². The molecule has 0 N–H and O–H groups in total. The average Bonchev–Trinajstić information content (AvgIpc) is 2.83. The van der Waals surface area contributed by atoms with Crippen molar-refractivity contribution in [2.24, 2.45) is 0 Å². The van der Waals surface area contributed by atoms with Gasteiger partial charge in [0, 0.05) is 51.1 Å². The molecule has 6 heteroatoms. The number of hydrogen-bond donors (Lipinski definition) is 0. The lowest BCUT2D eigenvalue weighted by molar-refractivity contribution is 0.0723. The molecule has 1 aliphatic heterocycles. The molecule has 1 atom stereocenters. The molecule has 0 saturated carbocycles. The number of hydrogen-bond acceptors (Lipinski definition) is 3. The van der Waals surface area contributed by atoms with E-state index < -0.39 is 8.07 Å². The van der Waals surface area contributed by atoms with Crippen molar-refractivity contribution in [2.75, 3.05) is 13.2 Å². The quantitative estimate of drug-likeness (QED) is 0.408. The summed E-state index contributed by atoms with van der Waals surface area (Å²) in [5.41, 5.74) is 2.40. The van der Waals surface area contributed by atoms with Gasteiger partial charge < -0.3 is 9.30 Å². The molecular formula is C18H28ClN3OSi. The summed E-state index contributed by atoms with van der Waals surface area (Å²) in [7, 11) is -1.06. The Labute approximate surface area is 150 Å². The van der Waals surface area contributed by atoms with Crippen LogP contribution in [0.2, 0.25) is 30.8 Å². The SMILES string of the molecule is C[C@H]1CCN1Cc1cc2cnc(Cl)cc2n1COCC[Si](C)(C)C. The van der Waals surface area contributed by atoms with Crippen LogP contribution in [0.3, 0.4) is 0 Å². The van der Waals surface area contributed by atoms with Crippen LogP contribution < -0.4 is 0 Å². The minimum Gasteiger partial charge on any atom is -0.361 e. The molecule has 0 spiro atoms. The van der Waals surface area contributed by atoms with Gasteiger partial charge in [-0.1, -0.05) is 31.2 Å². The van der Waals surface area contributed by atoms with E-state index in [0.29, 0.717) is 17.9 Å². The van der Waals surface area contributed by atoms with Crippen molar-refractivity contribution in [3.05, 3.63) is 29.2 Å². The van der Waals surface area contributed by atoms with E-state index in [1.54, 1.807) is 0 Å². The normalized spacial score (nSPS) is 19.0. The first-order valence-corrected chi connectivity index (χ1v) is 12.9. The molecule has 0 aliphatic carbocycles. The first kappa shape index (κ1) is 17.9. The zero-order valence-corrected chi connectivity index (χ0v) is 16.9. The van der Waals surface area contributed by atoms with Gasteiger partial charge in [-0.2, -0.15) is 0 Å². The fraction of sp³-hybridized carbons (Fsp3) is 0.611. The molecule has 24 heavy (non-hydrogen) atoms. The lowest BCUT2D eigenvalue weighted by atomic mass is 10.1. The fourth-order valence-electron chi connectivity index (χ4n) is 3.02. The molecule has 4 nitrogen and oxygen atoms in total. The number of likely N-dealkylation sites (tertiary alicyclic amines) is 1. The Morgan fingerprint density at radius 2 is 2.12 bits per heavy atom. The smallest absolute Gasteiger partial charge is 0.131 e. The minimum absolute atomic E-state index is 0.535.